The highest BCUT2D eigenvalue weighted by Gasteiger charge is 2.21. The van der Waals surface area contributed by atoms with Crippen LogP contribution in [0.25, 0.3) is 17.1 Å². The summed E-state index contributed by atoms with van der Waals surface area (Å²) in [6.07, 6.45) is 1.51. The van der Waals surface area contributed by atoms with Gasteiger partial charge in [0.15, 0.2) is 23.0 Å². The Hall–Kier alpha value is -3.92. The summed E-state index contributed by atoms with van der Waals surface area (Å²) in [4.78, 5) is 24.0. The molecule has 4 rings (SSSR count). The van der Waals surface area contributed by atoms with E-state index in [-0.39, 0.29) is 17.2 Å². The number of nitrogens with zero attached hydrogens (tertiary/aromatic N) is 4. The normalized spacial score (nSPS) is 10.8. The number of nitrogens with one attached hydrogen (secondary N) is 2. The lowest BCUT2D eigenvalue weighted by Gasteiger charge is -2.05. The summed E-state index contributed by atoms with van der Waals surface area (Å²) in [7, 11) is 0. The number of benzene rings is 1. The first kappa shape index (κ1) is 17.5. The van der Waals surface area contributed by atoms with E-state index in [1.807, 2.05) is 0 Å². The second kappa shape index (κ2) is 7.00. The van der Waals surface area contributed by atoms with Crippen LogP contribution < -0.4 is 11.1 Å². The van der Waals surface area contributed by atoms with Crippen LogP contribution >= 0.6 is 11.6 Å². The van der Waals surface area contributed by atoms with Crippen molar-refractivity contribution >= 4 is 29.2 Å². The Morgan fingerprint density at radius 2 is 2.04 bits per heavy atom. The number of nitrogens with two attached hydrogens (primary N) is 1. The number of H-pyrrole nitrogens is 1. The maximum Gasteiger partial charge on any atom is 0.277 e. The maximum atomic E-state index is 12.6. The molecule has 0 bridgehead atoms. The van der Waals surface area contributed by atoms with Crippen molar-refractivity contribution < 1.29 is 14.0 Å². The molecule has 2 amide bonds. The maximum absolute atomic E-state index is 12.6. The van der Waals surface area contributed by atoms with Crippen LogP contribution in [0.1, 0.15) is 21.0 Å². The van der Waals surface area contributed by atoms with Crippen LogP contribution in [0, 0.1) is 0 Å². The molecular weight excluding hydrogens is 386 g/mol. The highest BCUT2D eigenvalue weighted by atomic mass is 35.5. The van der Waals surface area contributed by atoms with Gasteiger partial charge in [-0.1, -0.05) is 17.7 Å². The van der Waals surface area contributed by atoms with E-state index >= 15 is 0 Å². The number of carbonyl (C=O) groups is 2. The monoisotopic (exact) mass is 397 g/mol. The molecule has 1 aromatic carbocycles. The second-order valence-corrected chi connectivity index (χ2v) is 6.06. The van der Waals surface area contributed by atoms with Gasteiger partial charge in [-0.05, 0) is 30.3 Å². The van der Waals surface area contributed by atoms with E-state index in [0.717, 1.165) is 0 Å². The van der Waals surface area contributed by atoms with Crippen LogP contribution in [0.4, 0.5) is 5.82 Å². The second-order valence-electron chi connectivity index (χ2n) is 5.62. The summed E-state index contributed by atoms with van der Waals surface area (Å²) in [5.74, 6) is -1.02. The number of anilines is 1. The molecule has 140 valence electrons. The number of rotatable bonds is 5. The third-order valence-corrected chi connectivity index (χ3v) is 4.02. The van der Waals surface area contributed by atoms with Gasteiger partial charge in [-0.3, -0.25) is 9.59 Å². The van der Waals surface area contributed by atoms with E-state index < -0.39 is 11.8 Å². The Labute approximate surface area is 162 Å². The molecule has 0 aliphatic carbocycles. The van der Waals surface area contributed by atoms with Crippen molar-refractivity contribution in [2.45, 2.75) is 0 Å². The lowest BCUT2D eigenvalue weighted by atomic mass is 10.2. The van der Waals surface area contributed by atoms with Gasteiger partial charge in [0, 0.05) is 11.1 Å². The molecule has 0 unspecified atom stereocenters. The number of halogens is 1. The molecule has 0 saturated carbocycles. The summed E-state index contributed by atoms with van der Waals surface area (Å²) in [5.41, 5.74) is 6.24. The molecular formula is C17H12ClN7O3. The SMILES string of the molecule is NC(=O)c1n[nH]nc1NC(=O)c1cc(-c2ccco2)n(-c2cccc(Cl)c2)n1. The molecule has 0 radical (unpaired) electrons. The summed E-state index contributed by atoms with van der Waals surface area (Å²) >= 11 is 6.08. The molecule has 0 atom stereocenters. The minimum Gasteiger partial charge on any atom is -0.463 e. The topological polar surface area (TPSA) is 145 Å². The molecule has 0 aliphatic rings. The summed E-state index contributed by atoms with van der Waals surface area (Å²) in [6, 6.07) is 12.0. The fourth-order valence-electron chi connectivity index (χ4n) is 2.56. The van der Waals surface area contributed by atoms with Crippen molar-refractivity contribution in [3.05, 3.63) is 65.1 Å². The predicted molar refractivity (Wildman–Crippen MR) is 99.1 cm³/mol. The Morgan fingerprint density at radius 3 is 2.75 bits per heavy atom. The molecule has 0 spiro atoms. The van der Waals surface area contributed by atoms with Crippen LogP contribution in [-0.2, 0) is 0 Å². The van der Waals surface area contributed by atoms with Gasteiger partial charge in [0.25, 0.3) is 11.8 Å². The Kier molecular flexibility index (Phi) is 4.38. The zero-order valence-electron chi connectivity index (χ0n) is 14.1. The molecule has 0 fully saturated rings. The van der Waals surface area contributed by atoms with Gasteiger partial charge in [-0.25, -0.2) is 4.68 Å². The Morgan fingerprint density at radius 1 is 1.18 bits per heavy atom. The van der Waals surface area contributed by atoms with Crippen molar-refractivity contribution in [1.29, 1.82) is 0 Å². The molecule has 0 saturated heterocycles. The largest absolute Gasteiger partial charge is 0.463 e. The number of hydrogen-bond donors (Lipinski definition) is 3. The van der Waals surface area contributed by atoms with E-state index in [9.17, 15) is 9.59 Å². The van der Waals surface area contributed by atoms with Gasteiger partial charge in [0.05, 0.1) is 12.0 Å². The molecule has 0 aliphatic heterocycles. The lowest BCUT2D eigenvalue weighted by molar-refractivity contribution is 0.0996. The Bertz CT molecular complexity index is 1160. The van der Waals surface area contributed by atoms with E-state index in [2.05, 4.69) is 25.8 Å². The summed E-state index contributed by atoms with van der Waals surface area (Å²) in [6.45, 7) is 0. The highest BCUT2D eigenvalue weighted by molar-refractivity contribution is 6.30. The third kappa shape index (κ3) is 3.23. The van der Waals surface area contributed by atoms with Gasteiger partial charge in [0.2, 0.25) is 0 Å². The molecule has 28 heavy (non-hydrogen) atoms. The van der Waals surface area contributed by atoms with Gasteiger partial charge in [-0.15, -0.1) is 10.2 Å². The van der Waals surface area contributed by atoms with E-state index in [1.165, 1.54) is 10.9 Å². The van der Waals surface area contributed by atoms with Gasteiger partial charge >= 0.3 is 0 Å². The number of amides is 2. The first-order valence-electron chi connectivity index (χ1n) is 7.95. The quantitative estimate of drug-likeness (QED) is 0.471. The van der Waals surface area contributed by atoms with Crippen LogP contribution in [0.2, 0.25) is 5.02 Å². The number of hydrogen-bond acceptors (Lipinski definition) is 6. The van der Waals surface area contributed by atoms with Crippen LogP contribution in [0.3, 0.4) is 0 Å². The van der Waals surface area contributed by atoms with E-state index in [0.29, 0.717) is 22.2 Å². The molecule has 3 aromatic heterocycles. The van der Waals surface area contributed by atoms with E-state index in [4.69, 9.17) is 21.8 Å². The number of aromatic amines is 1. The van der Waals surface area contributed by atoms with Crippen LogP contribution in [0.5, 0.6) is 0 Å². The lowest BCUT2D eigenvalue weighted by Crippen LogP contribution is -2.18. The number of aromatic nitrogens is 5. The van der Waals surface area contributed by atoms with Crippen molar-refractivity contribution in [2.75, 3.05) is 5.32 Å². The summed E-state index contributed by atoms with van der Waals surface area (Å²) in [5, 5.41) is 16.9. The average molecular weight is 398 g/mol. The van der Waals surface area contributed by atoms with Gasteiger partial charge in [-0.2, -0.15) is 10.3 Å². The molecule has 11 heteroatoms. The van der Waals surface area contributed by atoms with Crippen molar-refractivity contribution in [1.82, 2.24) is 25.2 Å². The fraction of sp³-hybridized carbons (Fsp3) is 0. The van der Waals surface area contributed by atoms with Crippen LogP contribution in [0.15, 0.2) is 53.1 Å². The zero-order chi connectivity index (χ0) is 19.7. The Balaban J connectivity index is 1.74. The van der Waals surface area contributed by atoms with Crippen molar-refractivity contribution in [3.63, 3.8) is 0 Å². The molecule has 3 heterocycles. The van der Waals surface area contributed by atoms with Crippen LogP contribution in [-0.4, -0.2) is 37.0 Å². The summed E-state index contributed by atoms with van der Waals surface area (Å²) < 4.78 is 6.97. The number of primary amides is 1. The predicted octanol–water partition coefficient (Wildman–Crippen LogP) is 2.25. The number of carbonyl (C=O) groups excluding carboxylic acids is 2. The minimum atomic E-state index is -0.829. The number of furan rings is 1. The molecule has 4 N–H and O–H groups in total. The fourth-order valence-corrected chi connectivity index (χ4v) is 2.74. The van der Waals surface area contributed by atoms with Crippen molar-refractivity contribution in [2.24, 2.45) is 5.73 Å². The zero-order valence-corrected chi connectivity index (χ0v) is 14.8. The first-order chi connectivity index (χ1) is 13.5. The highest BCUT2D eigenvalue weighted by Crippen LogP contribution is 2.26. The van der Waals surface area contributed by atoms with E-state index in [1.54, 1.807) is 42.5 Å². The molecule has 10 nitrogen and oxygen atoms in total. The minimum absolute atomic E-state index is 0.0600. The average Bonchev–Trinajstić information content (AvgIpc) is 3.41. The van der Waals surface area contributed by atoms with Gasteiger partial charge in [0.1, 0.15) is 5.69 Å². The first-order valence-corrected chi connectivity index (χ1v) is 8.32. The third-order valence-electron chi connectivity index (χ3n) is 3.78. The molecule has 4 aromatic rings. The van der Waals surface area contributed by atoms with Crippen molar-refractivity contribution in [3.8, 4) is 17.1 Å². The van der Waals surface area contributed by atoms with Gasteiger partial charge < -0.3 is 15.5 Å². The standard InChI is InChI=1S/C17H12ClN7O3/c18-9-3-1-4-10(7-9)25-12(13-5-2-6-28-13)8-11(23-25)17(27)20-16-14(15(19)26)21-24-22-16/h1-8H,(H2,19,26)(H2,20,21,22,24,27). The smallest absolute Gasteiger partial charge is 0.277 e.